The summed E-state index contributed by atoms with van der Waals surface area (Å²) in [5.74, 6) is 0.137. The van der Waals surface area contributed by atoms with Crippen molar-refractivity contribution < 1.29 is 19.4 Å². The highest BCUT2D eigenvalue weighted by Gasteiger charge is 2.24. The predicted molar refractivity (Wildman–Crippen MR) is 49.2 cm³/mol. The molecule has 0 saturated heterocycles. The predicted octanol–water partition coefficient (Wildman–Crippen LogP) is 1.98. The van der Waals surface area contributed by atoms with E-state index in [2.05, 4.69) is 0 Å². The van der Waals surface area contributed by atoms with E-state index in [0.717, 1.165) is 0 Å². The summed E-state index contributed by atoms with van der Waals surface area (Å²) in [6, 6.07) is 1.42. The van der Waals surface area contributed by atoms with Gasteiger partial charge in [-0.1, -0.05) is 11.6 Å². The lowest BCUT2D eigenvalue weighted by atomic mass is 10.1. The Bertz CT molecular complexity index is 414. The Morgan fingerprint density at radius 1 is 1.57 bits per heavy atom. The smallest absolute Gasteiger partial charge is 0.231 e. The van der Waals surface area contributed by atoms with Crippen LogP contribution in [0.3, 0.4) is 0 Å². The van der Waals surface area contributed by atoms with Crippen LogP contribution in [-0.4, -0.2) is 17.7 Å². The van der Waals surface area contributed by atoms with Crippen LogP contribution in [0.25, 0.3) is 0 Å². The van der Waals surface area contributed by atoms with Gasteiger partial charge in [-0.2, -0.15) is 0 Å². The van der Waals surface area contributed by atoms with Crippen molar-refractivity contribution in [1.82, 2.24) is 0 Å². The number of rotatable bonds is 1. The molecule has 14 heavy (non-hydrogen) atoms. The SMILES string of the molecule is CC(=O)c1cc2c(c(Cl)c1O)OCO2. The minimum absolute atomic E-state index is 0.0187. The van der Waals surface area contributed by atoms with E-state index >= 15 is 0 Å². The molecule has 0 fully saturated rings. The molecule has 0 aliphatic carbocycles. The van der Waals surface area contributed by atoms with Gasteiger partial charge in [0.2, 0.25) is 6.79 Å². The number of phenols is 1. The fraction of sp³-hybridized carbons (Fsp3) is 0.222. The average Bonchev–Trinajstić information content (AvgIpc) is 2.58. The molecule has 74 valence electrons. The molecule has 1 aliphatic rings. The van der Waals surface area contributed by atoms with Crippen LogP contribution in [0, 0.1) is 0 Å². The molecule has 0 saturated carbocycles. The molecule has 0 spiro atoms. The average molecular weight is 215 g/mol. The van der Waals surface area contributed by atoms with Gasteiger partial charge in [-0.25, -0.2) is 0 Å². The van der Waals surface area contributed by atoms with Crippen molar-refractivity contribution in [2.45, 2.75) is 6.92 Å². The summed E-state index contributed by atoms with van der Waals surface area (Å²) in [6.45, 7) is 1.39. The molecule has 1 aliphatic heterocycles. The van der Waals surface area contributed by atoms with Crippen molar-refractivity contribution in [1.29, 1.82) is 0 Å². The maximum atomic E-state index is 11.1. The van der Waals surface area contributed by atoms with E-state index in [4.69, 9.17) is 21.1 Å². The van der Waals surface area contributed by atoms with Crippen LogP contribution in [0.1, 0.15) is 17.3 Å². The second kappa shape index (κ2) is 3.06. The Balaban J connectivity index is 2.67. The molecule has 1 heterocycles. The van der Waals surface area contributed by atoms with E-state index in [0.29, 0.717) is 5.75 Å². The summed E-state index contributed by atoms with van der Waals surface area (Å²) in [6.07, 6.45) is 0. The highest BCUT2D eigenvalue weighted by molar-refractivity contribution is 6.34. The number of hydrogen-bond donors (Lipinski definition) is 1. The number of hydrogen-bond acceptors (Lipinski definition) is 4. The number of phenolic OH excluding ortho intramolecular Hbond substituents is 1. The number of benzene rings is 1. The van der Waals surface area contributed by atoms with Gasteiger partial charge in [0, 0.05) is 0 Å². The Morgan fingerprint density at radius 2 is 2.29 bits per heavy atom. The molecule has 0 bridgehead atoms. The van der Waals surface area contributed by atoms with E-state index in [1.165, 1.54) is 13.0 Å². The van der Waals surface area contributed by atoms with E-state index in [1.807, 2.05) is 0 Å². The highest BCUT2D eigenvalue weighted by atomic mass is 35.5. The lowest BCUT2D eigenvalue weighted by molar-refractivity contribution is 0.101. The Kier molecular flexibility index (Phi) is 2.00. The first kappa shape index (κ1) is 9.15. The summed E-state index contributed by atoms with van der Waals surface area (Å²) in [5, 5.41) is 9.56. The zero-order valence-corrected chi connectivity index (χ0v) is 8.09. The third-order valence-corrected chi connectivity index (χ3v) is 2.31. The summed E-state index contributed by atoms with van der Waals surface area (Å²) >= 11 is 5.78. The maximum absolute atomic E-state index is 11.1. The van der Waals surface area contributed by atoms with Crippen molar-refractivity contribution in [2.75, 3.05) is 6.79 Å². The standard InChI is InChI=1S/C9H7ClO4/c1-4(11)5-2-6-9(14-3-13-6)7(10)8(5)12/h2,12H,3H2,1H3. The molecule has 1 aromatic rings. The van der Waals surface area contributed by atoms with Gasteiger partial charge < -0.3 is 14.6 Å². The van der Waals surface area contributed by atoms with Crippen molar-refractivity contribution in [3.63, 3.8) is 0 Å². The summed E-state index contributed by atoms with van der Waals surface area (Å²) < 4.78 is 10.1. The van der Waals surface area contributed by atoms with Gasteiger partial charge in [0.05, 0.1) is 5.56 Å². The molecule has 0 radical (unpaired) electrons. The molecular formula is C9H7ClO4. The summed E-state index contributed by atoms with van der Waals surface area (Å²) in [7, 11) is 0. The van der Waals surface area contributed by atoms with Crippen molar-refractivity contribution in [2.24, 2.45) is 0 Å². The first-order valence-corrected chi connectivity index (χ1v) is 4.31. The summed E-state index contributed by atoms with van der Waals surface area (Å²) in [5.41, 5.74) is 0.138. The Morgan fingerprint density at radius 3 is 2.93 bits per heavy atom. The van der Waals surface area contributed by atoms with Crippen molar-refractivity contribution in [3.8, 4) is 17.2 Å². The van der Waals surface area contributed by atoms with E-state index in [9.17, 15) is 9.90 Å². The third-order valence-electron chi connectivity index (χ3n) is 1.96. The highest BCUT2D eigenvalue weighted by Crippen LogP contribution is 2.45. The topological polar surface area (TPSA) is 55.8 Å². The van der Waals surface area contributed by atoms with E-state index < -0.39 is 0 Å². The van der Waals surface area contributed by atoms with Gasteiger partial charge in [0.1, 0.15) is 10.8 Å². The van der Waals surface area contributed by atoms with Crippen LogP contribution in [-0.2, 0) is 0 Å². The second-order valence-electron chi connectivity index (χ2n) is 2.88. The molecular weight excluding hydrogens is 208 g/mol. The molecule has 0 amide bonds. The zero-order valence-electron chi connectivity index (χ0n) is 7.33. The van der Waals surface area contributed by atoms with Gasteiger partial charge >= 0.3 is 0 Å². The Hall–Kier alpha value is -1.42. The molecule has 0 aromatic heterocycles. The fourth-order valence-electron chi connectivity index (χ4n) is 1.26. The molecule has 5 heteroatoms. The number of ether oxygens (including phenoxy) is 2. The van der Waals surface area contributed by atoms with Crippen molar-refractivity contribution >= 4 is 17.4 Å². The quantitative estimate of drug-likeness (QED) is 0.727. The first-order valence-electron chi connectivity index (χ1n) is 3.93. The van der Waals surface area contributed by atoms with Gasteiger partial charge in [-0.05, 0) is 13.0 Å². The van der Waals surface area contributed by atoms with Crippen LogP contribution >= 0.6 is 11.6 Å². The molecule has 4 nitrogen and oxygen atoms in total. The lowest BCUT2D eigenvalue weighted by Gasteiger charge is -2.05. The van der Waals surface area contributed by atoms with E-state index in [1.54, 1.807) is 0 Å². The van der Waals surface area contributed by atoms with E-state index in [-0.39, 0.29) is 34.7 Å². The molecule has 2 rings (SSSR count). The minimum atomic E-state index is -0.275. The molecule has 0 unspecified atom stereocenters. The zero-order chi connectivity index (χ0) is 10.3. The van der Waals surface area contributed by atoms with Crippen LogP contribution in [0.2, 0.25) is 5.02 Å². The number of carbonyl (C=O) groups excluding carboxylic acids is 1. The molecule has 0 atom stereocenters. The summed E-state index contributed by atoms with van der Waals surface area (Å²) in [4.78, 5) is 11.1. The number of Topliss-reactive ketones (excluding diaryl/α,β-unsaturated/α-hetero) is 1. The second-order valence-corrected chi connectivity index (χ2v) is 3.25. The van der Waals surface area contributed by atoms with Gasteiger partial charge in [0.25, 0.3) is 0 Å². The monoisotopic (exact) mass is 214 g/mol. The lowest BCUT2D eigenvalue weighted by Crippen LogP contribution is -1.93. The van der Waals surface area contributed by atoms with Gasteiger partial charge in [-0.15, -0.1) is 0 Å². The van der Waals surface area contributed by atoms with Crippen LogP contribution < -0.4 is 9.47 Å². The molecule has 1 aromatic carbocycles. The number of aromatic hydroxyl groups is 1. The van der Waals surface area contributed by atoms with Crippen LogP contribution in [0.4, 0.5) is 0 Å². The fourth-order valence-corrected chi connectivity index (χ4v) is 1.51. The largest absolute Gasteiger partial charge is 0.505 e. The first-order chi connectivity index (χ1) is 6.61. The number of halogens is 1. The normalized spacial score (nSPS) is 13.0. The number of fused-ring (bicyclic) bond motifs is 1. The number of carbonyl (C=O) groups is 1. The van der Waals surface area contributed by atoms with Gasteiger partial charge in [-0.3, -0.25) is 4.79 Å². The van der Waals surface area contributed by atoms with Gasteiger partial charge in [0.15, 0.2) is 17.3 Å². The van der Waals surface area contributed by atoms with Crippen LogP contribution in [0.15, 0.2) is 6.07 Å². The number of ketones is 1. The minimum Gasteiger partial charge on any atom is -0.505 e. The van der Waals surface area contributed by atoms with Crippen molar-refractivity contribution in [3.05, 3.63) is 16.7 Å². The Labute approximate surface area is 85.0 Å². The third kappa shape index (κ3) is 1.19. The molecule has 1 N–H and O–H groups in total. The maximum Gasteiger partial charge on any atom is 0.231 e. The van der Waals surface area contributed by atoms with Crippen LogP contribution in [0.5, 0.6) is 17.2 Å².